The Morgan fingerprint density at radius 1 is 1.50 bits per heavy atom. The predicted octanol–water partition coefficient (Wildman–Crippen LogP) is 1.83. The van der Waals surface area contributed by atoms with Crippen molar-refractivity contribution in [1.29, 1.82) is 0 Å². The van der Waals surface area contributed by atoms with E-state index in [1.807, 2.05) is 0 Å². The van der Waals surface area contributed by atoms with Gasteiger partial charge in [0.25, 0.3) is 0 Å². The average molecular weight is 246 g/mol. The number of nitrogens with one attached hydrogen (secondary N) is 2. The number of carbonyl (C=O) groups excluding carboxylic acids is 1. The van der Waals surface area contributed by atoms with Gasteiger partial charge in [-0.1, -0.05) is 31.2 Å². The fourth-order valence-electron chi connectivity index (χ4n) is 2.66. The van der Waals surface area contributed by atoms with Gasteiger partial charge >= 0.3 is 0 Å². The molecule has 2 unspecified atom stereocenters. The molecule has 0 bridgehead atoms. The maximum absolute atomic E-state index is 11.7. The van der Waals surface area contributed by atoms with E-state index < -0.39 is 0 Å². The van der Waals surface area contributed by atoms with Crippen LogP contribution in [-0.4, -0.2) is 25.5 Å². The summed E-state index contributed by atoms with van der Waals surface area (Å²) in [5.74, 6) is 0.603. The van der Waals surface area contributed by atoms with Crippen LogP contribution in [0.3, 0.4) is 0 Å². The van der Waals surface area contributed by atoms with Crippen LogP contribution in [0.25, 0.3) is 0 Å². The summed E-state index contributed by atoms with van der Waals surface area (Å²) >= 11 is 0. The van der Waals surface area contributed by atoms with E-state index in [9.17, 15) is 4.79 Å². The molecule has 1 aliphatic rings. The van der Waals surface area contributed by atoms with Gasteiger partial charge in [0, 0.05) is 7.05 Å². The second kappa shape index (κ2) is 6.01. The predicted molar refractivity (Wildman–Crippen MR) is 73.7 cm³/mol. The second-order valence-electron chi connectivity index (χ2n) is 4.94. The molecule has 3 heteroatoms. The Morgan fingerprint density at radius 2 is 2.33 bits per heavy atom. The minimum atomic E-state index is -0.0426. The monoisotopic (exact) mass is 246 g/mol. The molecule has 1 fully saturated rings. The fourth-order valence-corrected chi connectivity index (χ4v) is 2.66. The molecule has 1 aliphatic heterocycles. The van der Waals surface area contributed by atoms with Gasteiger partial charge in [-0.05, 0) is 42.9 Å². The van der Waals surface area contributed by atoms with Crippen LogP contribution >= 0.6 is 0 Å². The molecule has 0 aromatic heterocycles. The van der Waals surface area contributed by atoms with Gasteiger partial charge in [0.2, 0.25) is 5.91 Å². The van der Waals surface area contributed by atoms with Crippen molar-refractivity contribution in [3.05, 3.63) is 35.4 Å². The molecule has 0 spiro atoms. The Hall–Kier alpha value is -1.35. The van der Waals surface area contributed by atoms with E-state index in [1.54, 1.807) is 7.05 Å². The van der Waals surface area contributed by atoms with Gasteiger partial charge in [0.1, 0.15) is 0 Å². The number of amides is 1. The molecule has 0 aliphatic carbocycles. The fraction of sp³-hybridized carbons (Fsp3) is 0.533. The molecule has 98 valence electrons. The molecule has 3 nitrogen and oxygen atoms in total. The largest absolute Gasteiger partial charge is 0.358 e. The topological polar surface area (TPSA) is 41.1 Å². The Kier molecular flexibility index (Phi) is 4.37. The number of benzene rings is 1. The number of rotatable bonds is 3. The third-order valence-electron chi connectivity index (χ3n) is 3.80. The number of likely N-dealkylation sites (N-methyl/N-ethyl adjacent to an activating group) is 1. The number of hydrogen-bond donors (Lipinski definition) is 2. The van der Waals surface area contributed by atoms with Crippen LogP contribution in [0.4, 0.5) is 0 Å². The van der Waals surface area contributed by atoms with Gasteiger partial charge in [-0.2, -0.15) is 0 Å². The molecular weight excluding hydrogens is 224 g/mol. The molecule has 1 amide bonds. The molecule has 1 aromatic carbocycles. The zero-order chi connectivity index (χ0) is 13.0. The van der Waals surface area contributed by atoms with Gasteiger partial charge in [-0.3, -0.25) is 4.79 Å². The van der Waals surface area contributed by atoms with Crippen molar-refractivity contribution in [2.24, 2.45) is 0 Å². The van der Waals surface area contributed by atoms with E-state index in [0.717, 1.165) is 25.8 Å². The van der Waals surface area contributed by atoms with Crippen molar-refractivity contribution in [3.8, 4) is 0 Å². The van der Waals surface area contributed by atoms with E-state index >= 15 is 0 Å². The highest BCUT2D eigenvalue weighted by Crippen LogP contribution is 2.28. The van der Waals surface area contributed by atoms with Gasteiger partial charge < -0.3 is 10.6 Å². The molecule has 2 rings (SSSR count). The summed E-state index contributed by atoms with van der Waals surface area (Å²) < 4.78 is 0. The first-order valence-electron chi connectivity index (χ1n) is 6.78. The van der Waals surface area contributed by atoms with Gasteiger partial charge in [0.05, 0.1) is 6.04 Å². The van der Waals surface area contributed by atoms with Crippen molar-refractivity contribution in [3.63, 3.8) is 0 Å². The summed E-state index contributed by atoms with van der Waals surface area (Å²) in [6, 6.07) is 8.73. The lowest BCUT2D eigenvalue weighted by atomic mass is 9.85. The minimum absolute atomic E-state index is 0.0426. The first-order chi connectivity index (χ1) is 8.74. The normalized spacial score (nSPS) is 23.7. The Morgan fingerprint density at radius 3 is 3.06 bits per heavy atom. The van der Waals surface area contributed by atoms with Crippen LogP contribution < -0.4 is 10.6 Å². The minimum Gasteiger partial charge on any atom is -0.358 e. The summed E-state index contributed by atoms with van der Waals surface area (Å²) in [6.45, 7) is 3.09. The maximum Gasteiger partial charge on any atom is 0.236 e. The third-order valence-corrected chi connectivity index (χ3v) is 3.80. The molecule has 2 N–H and O–H groups in total. The molecule has 0 radical (unpaired) electrons. The maximum atomic E-state index is 11.7. The lowest BCUT2D eigenvalue weighted by Gasteiger charge is -2.29. The van der Waals surface area contributed by atoms with Crippen molar-refractivity contribution >= 4 is 5.91 Å². The summed E-state index contributed by atoms with van der Waals surface area (Å²) in [6.07, 6.45) is 3.07. The Bertz CT molecular complexity index is 417. The molecular formula is C15H22N2O. The van der Waals surface area contributed by atoms with Crippen LogP contribution in [0.2, 0.25) is 0 Å². The van der Waals surface area contributed by atoms with E-state index in [2.05, 4.69) is 41.8 Å². The summed E-state index contributed by atoms with van der Waals surface area (Å²) in [5.41, 5.74) is 2.76. The smallest absolute Gasteiger partial charge is 0.236 e. The van der Waals surface area contributed by atoms with E-state index in [4.69, 9.17) is 0 Å². The SMILES string of the molecule is CCc1cccc(C2CCNC(C(=O)NC)C2)c1. The number of aryl methyl sites for hydroxylation is 1. The molecule has 1 aromatic rings. The van der Waals surface area contributed by atoms with Crippen LogP contribution in [0.5, 0.6) is 0 Å². The Balaban J connectivity index is 2.10. The number of piperidine rings is 1. The van der Waals surface area contributed by atoms with Crippen molar-refractivity contribution in [2.45, 2.75) is 38.1 Å². The molecule has 0 saturated carbocycles. The quantitative estimate of drug-likeness (QED) is 0.854. The molecule has 18 heavy (non-hydrogen) atoms. The van der Waals surface area contributed by atoms with Crippen LogP contribution in [0.15, 0.2) is 24.3 Å². The van der Waals surface area contributed by atoms with Crippen LogP contribution in [0.1, 0.15) is 36.8 Å². The molecule has 2 atom stereocenters. The first kappa shape index (κ1) is 13.1. The Labute approximate surface area is 109 Å². The molecule has 1 heterocycles. The van der Waals surface area contributed by atoms with E-state index in [0.29, 0.717) is 5.92 Å². The first-order valence-corrected chi connectivity index (χ1v) is 6.78. The number of hydrogen-bond acceptors (Lipinski definition) is 2. The van der Waals surface area contributed by atoms with Crippen molar-refractivity contribution in [2.75, 3.05) is 13.6 Å². The third kappa shape index (κ3) is 2.91. The van der Waals surface area contributed by atoms with Gasteiger partial charge in [0.15, 0.2) is 0 Å². The van der Waals surface area contributed by atoms with E-state index in [1.165, 1.54) is 11.1 Å². The summed E-state index contributed by atoms with van der Waals surface area (Å²) in [4.78, 5) is 11.7. The number of carbonyl (C=O) groups is 1. The summed E-state index contributed by atoms with van der Waals surface area (Å²) in [5, 5.41) is 6.01. The van der Waals surface area contributed by atoms with Crippen LogP contribution in [-0.2, 0) is 11.2 Å². The lowest BCUT2D eigenvalue weighted by Crippen LogP contribution is -2.47. The van der Waals surface area contributed by atoms with Crippen molar-refractivity contribution < 1.29 is 4.79 Å². The zero-order valence-electron chi connectivity index (χ0n) is 11.2. The van der Waals surface area contributed by atoms with Gasteiger partial charge in [-0.25, -0.2) is 0 Å². The lowest BCUT2D eigenvalue weighted by molar-refractivity contribution is -0.123. The highest BCUT2D eigenvalue weighted by Gasteiger charge is 2.26. The van der Waals surface area contributed by atoms with Crippen molar-refractivity contribution in [1.82, 2.24) is 10.6 Å². The zero-order valence-corrected chi connectivity index (χ0v) is 11.2. The highest BCUT2D eigenvalue weighted by molar-refractivity contribution is 5.81. The average Bonchev–Trinajstić information content (AvgIpc) is 2.46. The van der Waals surface area contributed by atoms with Crippen LogP contribution in [0, 0.1) is 0 Å². The highest BCUT2D eigenvalue weighted by atomic mass is 16.2. The molecule has 1 saturated heterocycles. The standard InChI is InChI=1S/C15H22N2O/c1-3-11-5-4-6-12(9-11)13-7-8-17-14(10-13)15(18)16-2/h4-6,9,13-14,17H,3,7-8,10H2,1-2H3,(H,16,18). The van der Waals surface area contributed by atoms with E-state index in [-0.39, 0.29) is 11.9 Å². The second-order valence-corrected chi connectivity index (χ2v) is 4.94. The summed E-state index contributed by atoms with van der Waals surface area (Å²) in [7, 11) is 1.70. The van der Waals surface area contributed by atoms with Gasteiger partial charge in [-0.15, -0.1) is 0 Å².